The zero-order chi connectivity index (χ0) is 15.7. The first kappa shape index (κ1) is 14.3. The molecule has 7 nitrogen and oxygen atoms in total. The van der Waals surface area contributed by atoms with Crippen molar-refractivity contribution >= 4 is 11.7 Å². The number of rotatable bonds is 5. The minimum atomic E-state index is -1.03. The molecule has 0 bridgehead atoms. The Labute approximate surface area is 125 Å². The average molecular weight is 306 g/mol. The summed E-state index contributed by atoms with van der Waals surface area (Å²) in [4.78, 5) is 22.8. The van der Waals surface area contributed by atoms with Crippen LogP contribution < -0.4 is 14.8 Å². The Hall–Kier alpha value is -2.64. The van der Waals surface area contributed by atoms with E-state index in [-0.39, 0.29) is 12.3 Å². The van der Waals surface area contributed by atoms with Gasteiger partial charge in [0, 0.05) is 0 Å². The summed E-state index contributed by atoms with van der Waals surface area (Å²) in [5, 5.41) is 2.64. The molecular weight excluding hydrogens is 291 g/mol. The van der Waals surface area contributed by atoms with Gasteiger partial charge in [0.25, 0.3) is 0 Å². The van der Waals surface area contributed by atoms with Crippen molar-refractivity contribution in [2.24, 2.45) is 5.92 Å². The zero-order valence-electron chi connectivity index (χ0n) is 12.1. The number of amides is 1. The second-order valence-corrected chi connectivity index (χ2v) is 4.90. The number of carbonyl (C=O) groups is 1. The van der Waals surface area contributed by atoms with Crippen molar-refractivity contribution in [2.75, 3.05) is 19.5 Å². The fourth-order valence-electron chi connectivity index (χ4n) is 2.17. The summed E-state index contributed by atoms with van der Waals surface area (Å²) < 4.78 is 23.3. The largest absolute Gasteiger partial charge is 0.480 e. The third-order valence-corrected chi connectivity index (χ3v) is 3.43. The Balaban J connectivity index is 1.86. The molecule has 1 fully saturated rings. The molecule has 2 N–H and O–H groups in total. The molecule has 0 unspecified atom stereocenters. The van der Waals surface area contributed by atoms with Gasteiger partial charge in [0.1, 0.15) is 23.9 Å². The van der Waals surface area contributed by atoms with Gasteiger partial charge in [0.05, 0.1) is 25.8 Å². The number of hydrogen-bond acceptors (Lipinski definition) is 5. The van der Waals surface area contributed by atoms with E-state index in [0.717, 1.165) is 0 Å². The highest BCUT2D eigenvalue weighted by atomic mass is 19.1. The molecule has 2 atom stereocenters. The maximum Gasteiger partial charge on any atom is 0.231 e. The molecular formula is C14H15FN4O3. The van der Waals surface area contributed by atoms with Crippen LogP contribution in [0, 0.1) is 5.92 Å². The van der Waals surface area contributed by atoms with Crippen LogP contribution in [0.2, 0.25) is 0 Å². The van der Waals surface area contributed by atoms with Crippen LogP contribution in [0.1, 0.15) is 6.42 Å². The van der Waals surface area contributed by atoms with E-state index in [9.17, 15) is 9.18 Å². The molecule has 0 spiro atoms. The topological polar surface area (TPSA) is 89.1 Å². The van der Waals surface area contributed by atoms with E-state index in [2.05, 4.69) is 20.3 Å². The SMILES string of the molecule is COc1ncnc(OC)c1-c1ccc(NC(=O)[C@@H]2C[C@@H]2F)[nH]1. The minimum absolute atomic E-state index is 0.285. The first-order chi connectivity index (χ1) is 10.6. The molecule has 1 aliphatic carbocycles. The highest BCUT2D eigenvalue weighted by molar-refractivity contribution is 5.94. The first-order valence-corrected chi connectivity index (χ1v) is 6.71. The lowest BCUT2D eigenvalue weighted by molar-refractivity contribution is -0.117. The summed E-state index contributed by atoms with van der Waals surface area (Å²) in [6.45, 7) is 0. The first-order valence-electron chi connectivity index (χ1n) is 6.71. The van der Waals surface area contributed by atoms with E-state index >= 15 is 0 Å². The van der Waals surface area contributed by atoms with Crippen LogP contribution >= 0.6 is 0 Å². The van der Waals surface area contributed by atoms with Crippen molar-refractivity contribution in [3.05, 3.63) is 18.5 Å². The van der Waals surface area contributed by atoms with Gasteiger partial charge in [-0.3, -0.25) is 4.79 Å². The van der Waals surface area contributed by atoms with Crippen molar-refractivity contribution in [3.8, 4) is 23.0 Å². The maximum absolute atomic E-state index is 12.9. The molecule has 0 aliphatic heterocycles. The Bertz CT molecular complexity index is 681. The maximum atomic E-state index is 12.9. The van der Waals surface area contributed by atoms with Crippen LogP contribution in [0.5, 0.6) is 11.8 Å². The van der Waals surface area contributed by atoms with Gasteiger partial charge in [-0.1, -0.05) is 0 Å². The summed E-state index contributed by atoms with van der Waals surface area (Å²) in [5.41, 5.74) is 1.17. The molecule has 0 saturated heterocycles. The summed E-state index contributed by atoms with van der Waals surface area (Å²) in [6.07, 6.45) is 0.589. The molecule has 1 amide bonds. The molecule has 2 aromatic heterocycles. The van der Waals surface area contributed by atoms with Gasteiger partial charge in [-0.25, -0.2) is 14.4 Å². The molecule has 2 aromatic rings. The van der Waals surface area contributed by atoms with E-state index in [1.165, 1.54) is 20.5 Å². The number of alkyl halides is 1. The van der Waals surface area contributed by atoms with Crippen molar-refractivity contribution in [1.29, 1.82) is 0 Å². The summed E-state index contributed by atoms with van der Waals surface area (Å²) in [6, 6.07) is 3.41. The van der Waals surface area contributed by atoms with E-state index in [4.69, 9.17) is 9.47 Å². The number of aromatic nitrogens is 3. The molecule has 22 heavy (non-hydrogen) atoms. The predicted octanol–water partition coefficient (Wildman–Crippen LogP) is 1.79. The number of halogens is 1. The molecule has 116 valence electrons. The van der Waals surface area contributed by atoms with Crippen LogP contribution in [0.15, 0.2) is 18.5 Å². The number of H-pyrrole nitrogens is 1. The van der Waals surface area contributed by atoms with Crippen molar-refractivity contribution in [2.45, 2.75) is 12.6 Å². The highest BCUT2D eigenvalue weighted by Crippen LogP contribution is 2.36. The van der Waals surface area contributed by atoms with Crippen molar-refractivity contribution in [3.63, 3.8) is 0 Å². The van der Waals surface area contributed by atoms with Gasteiger partial charge in [-0.2, -0.15) is 0 Å². The van der Waals surface area contributed by atoms with Gasteiger partial charge >= 0.3 is 0 Å². The Morgan fingerprint density at radius 2 is 1.95 bits per heavy atom. The number of ether oxygens (including phenoxy) is 2. The number of carbonyl (C=O) groups excluding carboxylic acids is 1. The normalized spacial score (nSPS) is 19.6. The van der Waals surface area contributed by atoms with Gasteiger partial charge < -0.3 is 19.8 Å². The molecule has 2 heterocycles. The Morgan fingerprint density at radius 1 is 1.32 bits per heavy atom. The molecule has 0 aromatic carbocycles. The second kappa shape index (κ2) is 5.63. The number of anilines is 1. The Kier molecular flexibility index (Phi) is 3.66. The van der Waals surface area contributed by atoms with Crippen molar-refractivity contribution in [1.82, 2.24) is 15.0 Å². The number of methoxy groups -OCH3 is 2. The van der Waals surface area contributed by atoms with Gasteiger partial charge in [0.2, 0.25) is 17.7 Å². The van der Waals surface area contributed by atoms with Crippen molar-refractivity contribution < 1.29 is 18.7 Å². The fourth-order valence-corrected chi connectivity index (χ4v) is 2.17. The zero-order valence-corrected chi connectivity index (χ0v) is 12.1. The Morgan fingerprint density at radius 3 is 2.50 bits per heavy atom. The summed E-state index contributed by atoms with van der Waals surface area (Å²) in [7, 11) is 2.98. The summed E-state index contributed by atoms with van der Waals surface area (Å²) >= 11 is 0. The van der Waals surface area contributed by atoms with E-state index < -0.39 is 12.1 Å². The number of nitrogens with one attached hydrogen (secondary N) is 2. The lowest BCUT2D eigenvalue weighted by Crippen LogP contribution is -2.15. The van der Waals surface area contributed by atoms with Crippen LogP contribution in [0.25, 0.3) is 11.3 Å². The fraction of sp³-hybridized carbons (Fsp3) is 0.357. The molecule has 1 aliphatic rings. The second-order valence-electron chi connectivity index (χ2n) is 4.90. The minimum Gasteiger partial charge on any atom is -0.480 e. The standard InChI is InChI=1S/C14H15FN4O3/c1-21-13-11(14(22-2)17-6-16-13)9-3-4-10(18-9)19-12(20)7-5-8(7)15/h3-4,6-8,18H,5H2,1-2H3,(H,19,20)/t7-,8+/m1/s1. The third kappa shape index (κ3) is 2.59. The lowest BCUT2D eigenvalue weighted by Gasteiger charge is -2.09. The monoisotopic (exact) mass is 306 g/mol. The predicted molar refractivity (Wildman–Crippen MR) is 76.6 cm³/mol. The van der Waals surface area contributed by atoms with E-state index in [1.807, 2.05) is 0 Å². The van der Waals surface area contributed by atoms with Crippen LogP contribution in [-0.2, 0) is 4.79 Å². The molecule has 8 heteroatoms. The van der Waals surface area contributed by atoms with Crippen LogP contribution in [0.3, 0.4) is 0 Å². The van der Waals surface area contributed by atoms with Gasteiger partial charge in [-0.05, 0) is 18.6 Å². The van der Waals surface area contributed by atoms with Crippen LogP contribution in [0.4, 0.5) is 10.2 Å². The summed E-state index contributed by atoms with van der Waals surface area (Å²) in [5.74, 6) is 0.280. The number of nitrogens with zero attached hydrogens (tertiary/aromatic N) is 2. The average Bonchev–Trinajstić information content (AvgIpc) is 3.09. The van der Waals surface area contributed by atoms with Gasteiger partial charge in [0.15, 0.2) is 0 Å². The highest BCUT2D eigenvalue weighted by Gasteiger charge is 2.43. The number of hydrogen-bond donors (Lipinski definition) is 2. The molecule has 3 rings (SSSR count). The van der Waals surface area contributed by atoms with Crippen LogP contribution in [-0.4, -0.2) is 41.3 Å². The van der Waals surface area contributed by atoms with E-state index in [1.54, 1.807) is 12.1 Å². The number of aromatic amines is 1. The lowest BCUT2D eigenvalue weighted by atomic mass is 10.2. The quantitative estimate of drug-likeness (QED) is 0.879. The third-order valence-electron chi connectivity index (χ3n) is 3.43. The molecule has 1 saturated carbocycles. The molecule has 0 radical (unpaired) electrons. The van der Waals surface area contributed by atoms with Gasteiger partial charge in [-0.15, -0.1) is 0 Å². The smallest absolute Gasteiger partial charge is 0.231 e. The van der Waals surface area contributed by atoms with E-state index in [0.29, 0.717) is 28.8 Å².